The Kier molecular flexibility index (Phi) is 5.90. The predicted octanol–water partition coefficient (Wildman–Crippen LogP) is 4.69. The molecule has 1 N–H and O–H groups in total. The lowest BCUT2D eigenvalue weighted by Gasteiger charge is -2.15. The summed E-state index contributed by atoms with van der Waals surface area (Å²) in [6.45, 7) is 11.7. The first-order chi connectivity index (χ1) is 8.40. The highest BCUT2D eigenvalue weighted by Gasteiger charge is 2.05. The number of rotatable bonds is 5. The van der Waals surface area contributed by atoms with E-state index in [1.165, 1.54) is 11.1 Å². The van der Waals surface area contributed by atoms with Crippen molar-refractivity contribution >= 4 is 17.7 Å². The van der Waals surface area contributed by atoms with Crippen LogP contribution in [0.4, 0.5) is 0 Å². The first-order valence-corrected chi connectivity index (χ1v) is 6.98. The normalized spacial score (nSPS) is 12.6. The average molecular weight is 266 g/mol. The average Bonchev–Trinajstić information content (AvgIpc) is 2.28. The lowest BCUT2D eigenvalue weighted by atomic mass is 9.99. The summed E-state index contributed by atoms with van der Waals surface area (Å²) in [7, 11) is 0. The molecule has 100 valence electrons. The Morgan fingerprint density at radius 3 is 2.44 bits per heavy atom. The van der Waals surface area contributed by atoms with Gasteiger partial charge in [0.15, 0.2) is 0 Å². The van der Waals surface area contributed by atoms with Gasteiger partial charge in [-0.1, -0.05) is 63.1 Å². The molecule has 0 saturated heterocycles. The van der Waals surface area contributed by atoms with Crippen molar-refractivity contribution in [3.63, 3.8) is 0 Å². The lowest BCUT2D eigenvalue weighted by molar-refractivity contribution is 0.593. The van der Waals surface area contributed by atoms with Crippen molar-refractivity contribution in [2.24, 2.45) is 5.92 Å². The zero-order chi connectivity index (χ0) is 13.7. The summed E-state index contributed by atoms with van der Waals surface area (Å²) in [5.41, 5.74) is 3.71. The molecule has 1 aromatic rings. The maximum atomic E-state index is 6.16. The molecule has 0 spiro atoms. The predicted molar refractivity (Wildman–Crippen MR) is 82.1 cm³/mol. The van der Waals surface area contributed by atoms with E-state index in [1.54, 1.807) is 0 Å². The highest BCUT2D eigenvalue weighted by Crippen LogP contribution is 2.20. The van der Waals surface area contributed by atoms with Crippen molar-refractivity contribution in [3.05, 3.63) is 39.9 Å². The molecule has 0 unspecified atom stereocenters. The van der Waals surface area contributed by atoms with Crippen LogP contribution in [0, 0.1) is 12.8 Å². The minimum atomic E-state index is 0.508. The molecular weight excluding hydrogens is 242 g/mol. The first-order valence-electron chi connectivity index (χ1n) is 6.60. The molecule has 1 rings (SSSR count). The van der Waals surface area contributed by atoms with E-state index in [9.17, 15) is 0 Å². The molecule has 0 aliphatic carbocycles. The van der Waals surface area contributed by atoms with Crippen molar-refractivity contribution in [1.82, 2.24) is 5.32 Å². The van der Waals surface area contributed by atoms with E-state index < -0.39 is 0 Å². The van der Waals surface area contributed by atoms with Crippen molar-refractivity contribution in [1.29, 1.82) is 0 Å². The molecular formula is C16H24ClN. The van der Waals surface area contributed by atoms with Crippen LogP contribution in [0.5, 0.6) is 0 Å². The summed E-state index contributed by atoms with van der Waals surface area (Å²) in [6.07, 6.45) is 2.24. The second-order valence-electron chi connectivity index (χ2n) is 5.42. The number of benzene rings is 1. The van der Waals surface area contributed by atoms with Gasteiger partial charge in [0, 0.05) is 17.6 Å². The molecule has 1 aromatic carbocycles. The number of hydrogen-bond donors (Lipinski definition) is 1. The highest BCUT2D eigenvalue weighted by atomic mass is 35.5. The van der Waals surface area contributed by atoms with Gasteiger partial charge in [-0.05, 0) is 30.0 Å². The van der Waals surface area contributed by atoms with E-state index in [2.05, 4.69) is 51.2 Å². The number of hydrogen-bond acceptors (Lipinski definition) is 1. The summed E-state index contributed by atoms with van der Waals surface area (Å²) in [5, 5.41) is 4.31. The van der Waals surface area contributed by atoms with Gasteiger partial charge in [0.2, 0.25) is 0 Å². The Morgan fingerprint density at radius 1 is 1.28 bits per heavy atom. The van der Waals surface area contributed by atoms with Gasteiger partial charge in [0.1, 0.15) is 0 Å². The third-order valence-electron chi connectivity index (χ3n) is 3.00. The van der Waals surface area contributed by atoms with Crippen LogP contribution in [0.2, 0.25) is 5.02 Å². The smallest absolute Gasteiger partial charge is 0.0441 e. The minimum Gasteiger partial charge on any atom is -0.311 e. The molecule has 0 radical (unpaired) electrons. The second kappa shape index (κ2) is 6.96. The van der Waals surface area contributed by atoms with Crippen LogP contribution in [0.15, 0.2) is 23.8 Å². The molecule has 0 fully saturated rings. The van der Waals surface area contributed by atoms with E-state index in [0.717, 1.165) is 17.1 Å². The molecule has 0 atom stereocenters. The monoisotopic (exact) mass is 265 g/mol. The number of nitrogens with one attached hydrogen (secondary N) is 1. The van der Waals surface area contributed by atoms with Gasteiger partial charge < -0.3 is 5.32 Å². The van der Waals surface area contributed by atoms with E-state index in [-0.39, 0.29) is 0 Å². The van der Waals surface area contributed by atoms with Gasteiger partial charge >= 0.3 is 0 Å². The SMILES string of the molecule is Cc1ccc(/C=C(/CNC(C)C)C(C)C)cc1Cl. The van der Waals surface area contributed by atoms with E-state index in [1.807, 2.05) is 13.0 Å². The molecule has 0 aliphatic heterocycles. The molecule has 0 heterocycles. The highest BCUT2D eigenvalue weighted by molar-refractivity contribution is 6.31. The van der Waals surface area contributed by atoms with Crippen LogP contribution in [0.1, 0.15) is 38.8 Å². The van der Waals surface area contributed by atoms with Crippen molar-refractivity contribution in [3.8, 4) is 0 Å². The molecule has 0 amide bonds. The van der Waals surface area contributed by atoms with Crippen molar-refractivity contribution in [2.75, 3.05) is 6.54 Å². The fourth-order valence-corrected chi connectivity index (χ4v) is 1.85. The van der Waals surface area contributed by atoms with Crippen LogP contribution in [-0.4, -0.2) is 12.6 Å². The fourth-order valence-electron chi connectivity index (χ4n) is 1.66. The topological polar surface area (TPSA) is 12.0 Å². The Hall–Kier alpha value is -0.790. The van der Waals surface area contributed by atoms with Gasteiger partial charge in [-0.2, -0.15) is 0 Å². The lowest BCUT2D eigenvalue weighted by Crippen LogP contribution is -2.26. The van der Waals surface area contributed by atoms with Crippen LogP contribution in [0.25, 0.3) is 6.08 Å². The largest absolute Gasteiger partial charge is 0.311 e. The molecule has 0 saturated carbocycles. The Labute approximate surface area is 116 Å². The van der Waals surface area contributed by atoms with Crippen LogP contribution < -0.4 is 5.32 Å². The minimum absolute atomic E-state index is 0.508. The number of aryl methyl sites for hydroxylation is 1. The standard InChI is InChI=1S/C16H24ClN/c1-11(2)15(10-18-12(3)4)8-14-7-6-13(5)16(17)9-14/h6-9,11-12,18H,10H2,1-5H3/b15-8-. The van der Waals surface area contributed by atoms with E-state index in [4.69, 9.17) is 11.6 Å². The summed E-state index contributed by atoms with van der Waals surface area (Å²) >= 11 is 6.16. The molecule has 1 nitrogen and oxygen atoms in total. The maximum Gasteiger partial charge on any atom is 0.0441 e. The van der Waals surface area contributed by atoms with Gasteiger partial charge in [0.25, 0.3) is 0 Å². The fraction of sp³-hybridized carbons (Fsp3) is 0.500. The molecule has 0 bridgehead atoms. The summed E-state index contributed by atoms with van der Waals surface area (Å²) < 4.78 is 0. The third-order valence-corrected chi connectivity index (χ3v) is 3.41. The zero-order valence-electron chi connectivity index (χ0n) is 12.0. The quantitative estimate of drug-likeness (QED) is 0.815. The van der Waals surface area contributed by atoms with Gasteiger partial charge in [0.05, 0.1) is 0 Å². The second-order valence-corrected chi connectivity index (χ2v) is 5.83. The Bertz CT molecular complexity index is 419. The van der Waals surface area contributed by atoms with Crippen molar-refractivity contribution in [2.45, 2.75) is 40.7 Å². The Morgan fingerprint density at radius 2 is 1.94 bits per heavy atom. The third kappa shape index (κ3) is 4.83. The van der Waals surface area contributed by atoms with Gasteiger partial charge in [-0.15, -0.1) is 0 Å². The van der Waals surface area contributed by atoms with E-state index in [0.29, 0.717) is 12.0 Å². The summed E-state index contributed by atoms with van der Waals surface area (Å²) in [6, 6.07) is 6.74. The van der Waals surface area contributed by atoms with Gasteiger partial charge in [-0.25, -0.2) is 0 Å². The zero-order valence-corrected chi connectivity index (χ0v) is 12.8. The van der Waals surface area contributed by atoms with Crippen LogP contribution in [0.3, 0.4) is 0 Å². The molecule has 2 heteroatoms. The van der Waals surface area contributed by atoms with Gasteiger partial charge in [-0.3, -0.25) is 0 Å². The molecule has 0 aromatic heterocycles. The molecule has 18 heavy (non-hydrogen) atoms. The molecule has 0 aliphatic rings. The van der Waals surface area contributed by atoms with E-state index >= 15 is 0 Å². The maximum absolute atomic E-state index is 6.16. The van der Waals surface area contributed by atoms with Crippen LogP contribution in [-0.2, 0) is 0 Å². The summed E-state index contributed by atoms with van der Waals surface area (Å²) in [5.74, 6) is 0.538. The number of halogens is 1. The van der Waals surface area contributed by atoms with Crippen molar-refractivity contribution < 1.29 is 0 Å². The van der Waals surface area contributed by atoms with Crippen LogP contribution >= 0.6 is 11.6 Å². The summed E-state index contributed by atoms with van der Waals surface area (Å²) in [4.78, 5) is 0. The first kappa shape index (κ1) is 15.3. The Balaban J connectivity index is 2.89.